The number of nitriles is 1. The van der Waals surface area contributed by atoms with Gasteiger partial charge in [0.05, 0.1) is 6.07 Å². The summed E-state index contributed by atoms with van der Waals surface area (Å²) in [6.45, 7) is 5.18. The molecule has 0 bridgehead atoms. The summed E-state index contributed by atoms with van der Waals surface area (Å²) in [7, 11) is 0. The van der Waals surface area contributed by atoms with Gasteiger partial charge in [0.1, 0.15) is 6.29 Å². The van der Waals surface area contributed by atoms with Crippen LogP contribution in [0.15, 0.2) is 36.0 Å². The predicted molar refractivity (Wildman–Crippen MR) is 43.7 cm³/mol. The van der Waals surface area contributed by atoms with Crippen LogP contribution in [0.25, 0.3) is 0 Å². The average Bonchev–Trinajstić information content (AvgIpc) is 2.06. The van der Waals surface area contributed by atoms with E-state index in [0.29, 0.717) is 17.4 Å². The molecular formula is C9H9NO. The molecule has 2 nitrogen and oxygen atoms in total. The van der Waals surface area contributed by atoms with Crippen molar-refractivity contribution in [2.45, 2.75) is 6.92 Å². The second-order valence-electron chi connectivity index (χ2n) is 1.88. The SMILES string of the molecule is C=C(C=O)/C=C\C(C#N)=C/C. The van der Waals surface area contributed by atoms with E-state index in [-0.39, 0.29) is 0 Å². The van der Waals surface area contributed by atoms with Gasteiger partial charge in [-0.3, -0.25) is 4.79 Å². The van der Waals surface area contributed by atoms with Crippen molar-refractivity contribution in [2.24, 2.45) is 0 Å². The van der Waals surface area contributed by atoms with Gasteiger partial charge in [0.25, 0.3) is 0 Å². The minimum absolute atomic E-state index is 0.361. The largest absolute Gasteiger partial charge is 0.298 e. The van der Waals surface area contributed by atoms with Crippen LogP contribution >= 0.6 is 0 Å². The molecule has 0 amide bonds. The van der Waals surface area contributed by atoms with Crippen molar-refractivity contribution in [2.75, 3.05) is 0 Å². The summed E-state index contributed by atoms with van der Waals surface area (Å²) < 4.78 is 0. The van der Waals surface area contributed by atoms with Crippen molar-refractivity contribution in [3.63, 3.8) is 0 Å². The number of aldehydes is 1. The lowest BCUT2D eigenvalue weighted by Crippen LogP contribution is -1.75. The van der Waals surface area contributed by atoms with Gasteiger partial charge in [-0.15, -0.1) is 0 Å². The molecule has 0 aliphatic carbocycles. The summed E-state index contributed by atoms with van der Waals surface area (Å²) in [5.41, 5.74) is 0.882. The van der Waals surface area contributed by atoms with Gasteiger partial charge in [-0.25, -0.2) is 0 Å². The number of carbonyl (C=O) groups is 1. The second-order valence-corrected chi connectivity index (χ2v) is 1.88. The summed E-state index contributed by atoms with van der Waals surface area (Å²) in [4.78, 5) is 10.0. The first-order valence-corrected chi connectivity index (χ1v) is 3.13. The van der Waals surface area contributed by atoms with E-state index in [1.807, 2.05) is 6.07 Å². The Kier molecular flexibility index (Phi) is 4.42. The van der Waals surface area contributed by atoms with E-state index in [4.69, 9.17) is 5.26 Å². The fourth-order valence-electron chi connectivity index (χ4n) is 0.434. The Hall–Kier alpha value is -1.62. The molecule has 0 saturated carbocycles. The number of allylic oxidation sites excluding steroid dienone is 5. The zero-order chi connectivity index (χ0) is 8.69. The first kappa shape index (κ1) is 9.38. The first-order valence-electron chi connectivity index (χ1n) is 3.13. The molecule has 0 aliphatic rings. The molecule has 0 aromatic carbocycles. The summed E-state index contributed by atoms with van der Waals surface area (Å²) >= 11 is 0. The topological polar surface area (TPSA) is 40.9 Å². The van der Waals surface area contributed by atoms with E-state index in [1.54, 1.807) is 19.1 Å². The zero-order valence-corrected chi connectivity index (χ0v) is 6.37. The molecule has 0 fully saturated rings. The predicted octanol–water partition coefficient (Wildman–Crippen LogP) is 1.77. The van der Waals surface area contributed by atoms with E-state index >= 15 is 0 Å². The van der Waals surface area contributed by atoms with Crippen molar-refractivity contribution in [1.29, 1.82) is 5.26 Å². The maximum absolute atomic E-state index is 10.0. The maximum atomic E-state index is 10.0. The van der Waals surface area contributed by atoms with Crippen LogP contribution in [0.5, 0.6) is 0 Å². The lowest BCUT2D eigenvalue weighted by molar-refractivity contribution is -0.104. The summed E-state index contributed by atoms with van der Waals surface area (Å²) in [6, 6.07) is 1.95. The van der Waals surface area contributed by atoms with Crippen molar-refractivity contribution >= 4 is 6.29 Å². The Morgan fingerprint density at radius 2 is 2.18 bits per heavy atom. The van der Waals surface area contributed by atoms with E-state index in [0.717, 1.165) is 0 Å². The van der Waals surface area contributed by atoms with Crippen LogP contribution in [-0.4, -0.2) is 6.29 Å². The second kappa shape index (κ2) is 5.19. The van der Waals surface area contributed by atoms with Crippen LogP contribution < -0.4 is 0 Å². The Bertz CT molecular complexity index is 253. The van der Waals surface area contributed by atoms with Gasteiger partial charge in [-0.05, 0) is 13.0 Å². The Balaban J connectivity index is 4.26. The molecule has 0 atom stereocenters. The van der Waals surface area contributed by atoms with Crippen molar-refractivity contribution in [1.82, 2.24) is 0 Å². The van der Waals surface area contributed by atoms with Gasteiger partial charge in [-0.2, -0.15) is 5.26 Å². The van der Waals surface area contributed by atoms with Crippen LogP contribution in [-0.2, 0) is 4.79 Å². The summed E-state index contributed by atoms with van der Waals surface area (Å²) in [5, 5.41) is 8.42. The van der Waals surface area contributed by atoms with Crippen LogP contribution in [0.4, 0.5) is 0 Å². The molecule has 0 aromatic heterocycles. The fraction of sp³-hybridized carbons (Fsp3) is 0.111. The van der Waals surface area contributed by atoms with Crippen molar-refractivity contribution in [3.8, 4) is 6.07 Å². The molecule has 0 rings (SSSR count). The van der Waals surface area contributed by atoms with Gasteiger partial charge < -0.3 is 0 Å². The number of hydrogen-bond acceptors (Lipinski definition) is 2. The highest BCUT2D eigenvalue weighted by Crippen LogP contribution is 1.96. The molecule has 0 heterocycles. The molecule has 11 heavy (non-hydrogen) atoms. The third-order valence-electron chi connectivity index (χ3n) is 1.07. The summed E-state index contributed by atoms with van der Waals surface area (Å²) in [6.07, 6.45) is 5.36. The lowest BCUT2D eigenvalue weighted by Gasteiger charge is -1.84. The highest BCUT2D eigenvalue weighted by Gasteiger charge is 1.85. The molecule has 0 aromatic rings. The van der Waals surface area contributed by atoms with E-state index in [2.05, 4.69) is 6.58 Å². The number of nitrogens with zero attached hydrogens (tertiary/aromatic N) is 1. The first-order chi connectivity index (χ1) is 5.24. The fourth-order valence-corrected chi connectivity index (χ4v) is 0.434. The number of carbonyl (C=O) groups excluding carboxylic acids is 1. The van der Waals surface area contributed by atoms with Gasteiger partial charge >= 0.3 is 0 Å². The van der Waals surface area contributed by atoms with Crippen LogP contribution in [0.2, 0.25) is 0 Å². The van der Waals surface area contributed by atoms with Crippen molar-refractivity contribution in [3.05, 3.63) is 36.0 Å². The lowest BCUT2D eigenvalue weighted by atomic mass is 10.2. The molecule has 0 unspecified atom stereocenters. The average molecular weight is 147 g/mol. The molecule has 56 valence electrons. The van der Waals surface area contributed by atoms with Crippen molar-refractivity contribution < 1.29 is 4.79 Å². The number of rotatable bonds is 3. The highest BCUT2D eigenvalue weighted by atomic mass is 16.1. The smallest absolute Gasteiger partial charge is 0.149 e. The quantitative estimate of drug-likeness (QED) is 0.264. The third-order valence-corrected chi connectivity index (χ3v) is 1.07. The van der Waals surface area contributed by atoms with Crippen LogP contribution in [0, 0.1) is 11.3 Å². The Labute approximate surface area is 66.1 Å². The van der Waals surface area contributed by atoms with Crippen LogP contribution in [0.3, 0.4) is 0 Å². The van der Waals surface area contributed by atoms with Gasteiger partial charge in [0, 0.05) is 11.1 Å². The molecule has 0 N–H and O–H groups in total. The Morgan fingerprint density at radius 1 is 1.55 bits per heavy atom. The monoisotopic (exact) mass is 147 g/mol. The van der Waals surface area contributed by atoms with E-state index in [1.165, 1.54) is 6.08 Å². The van der Waals surface area contributed by atoms with E-state index in [9.17, 15) is 4.79 Å². The molecule has 2 heteroatoms. The molecule has 0 saturated heterocycles. The molecule has 0 radical (unpaired) electrons. The standard InChI is InChI=1S/C9H9NO/c1-3-9(6-10)5-4-8(2)7-11/h3-5,7H,2H2,1H3/b5-4-,9-3+. The minimum atomic E-state index is 0.361. The van der Waals surface area contributed by atoms with Gasteiger partial charge in [-0.1, -0.05) is 18.7 Å². The number of hydrogen-bond donors (Lipinski definition) is 0. The van der Waals surface area contributed by atoms with Gasteiger partial charge in [0.2, 0.25) is 0 Å². The zero-order valence-electron chi connectivity index (χ0n) is 6.37. The molecule has 0 spiro atoms. The Morgan fingerprint density at radius 3 is 2.55 bits per heavy atom. The summed E-state index contributed by atoms with van der Waals surface area (Å²) in [5.74, 6) is 0. The maximum Gasteiger partial charge on any atom is 0.149 e. The van der Waals surface area contributed by atoms with Gasteiger partial charge in [0.15, 0.2) is 0 Å². The molecule has 0 aliphatic heterocycles. The highest BCUT2D eigenvalue weighted by molar-refractivity contribution is 5.76. The molecular weight excluding hydrogens is 138 g/mol. The third kappa shape index (κ3) is 3.88. The minimum Gasteiger partial charge on any atom is -0.298 e. The normalized spacial score (nSPS) is 11.1. The van der Waals surface area contributed by atoms with Crippen LogP contribution in [0.1, 0.15) is 6.92 Å². The van der Waals surface area contributed by atoms with E-state index < -0.39 is 0 Å².